The summed E-state index contributed by atoms with van der Waals surface area (Å²) >= 11 is 0. The zero-order valence-electron chi connectivity index (χ0n) is 17.6. The molecule has 3 aromatic carbocycles. The SMILES string of the molecule is CC1CCC(c2ccc(-c3cc(F)c(COc4cc(F)c(F)c(F)c4)c(F)c3)cc2)CC1. The van der Waals surface area contributed by atoms with E-state index in [-0.39, 0.29) is 11.3 Å². The topological polar surface area (TPSA) is 9.23 Å². The third-order valence-electron chi connectivity index (χ3n) is 6.21. The molecule has 0 heterocycles. The Morgan fingerprint density at radius 2 is 1.28 bits per heavy atom. The van der Waals surface area contributed by atoms with Crippen LogP contribution in [0.1, 0.15) is 49.7 Å². The first-order valence-electron chi connectivity index (χ1n) is 10.7. The van der Waals surface area contributed by atoms with Gasteiger partial charge in [0.2, 0.25) is 0 Å². The van der Waals surface area contributed by atoms with E-state index in [4.69, 9.17) is 4.74 Å². The van der Waals surface area contributed by atoms with Gasteiger partial charge in [-0.1, -0.05) is 44.0 Å². The largest absolute Gasteiger partial charge is 0.488 e. The number of benzene rings is 3. The third-order valence-corrected chi connectivity index (χ3v) is 6.21. The Hall–Kier alpha value is -2.89. The lowest BCUT2D eigenvalue weighted by molar-refractivity contribution is 0.287. The van der Waals surface area contributed by atoms with Crippen molar-refractivity contribution in [2.75, 3.05) is 0 Å². The molecule has 1 aliphatic rings. The molecular formula is C26H23F5O. The first-order valence-corrected chi connectivity index (χ1v) is 10.7. The van der Waals surface area contributed by atoms with Gasteiger partial charge >= 0.3 is 0 Å². The Morgan fingerprint density at radius 3 is 1.84 bits per heavy atom. The molecule has 0 aliphatic heterocycles. The predicted octanol–water partition coefficient (Wildman–Crippen LogP) is 7.92. The molecule has 0 unspecified atom stereocenters. The first-order chi connectivity index (χ1) is 15.3. The van der Waals surface area contributed by atoms with E-state index in [1.54, 1.807) is 0 Å². The molecule has 0 bridgehead atoms. The number of rotatable bonds is 5. The molecule has 0 spiro atoms. The highest BCUT2D eigenvalue weighted by atomic mass is 19.2. The summed E-state index contributed by atoms with van der Waals surface area (Å²) in [6.07, 6.45) is 4.73. The second-order valence-electron chi connectivity index (χ2n) is 8.49. The minimum Gasteiger partial charge on any atom is -0.488 e. The third kappa shape index (κ3) is 4.79. The van der Waals surface area contributed by atoms with Gasteiger partial charge in [0.25, 0.3) is 0 Å². The van der Waals surface area contributed by atoms with E-state index < -0.39 is 35.7 Å². The lowest BCUT2D eigenvalue weighted by Crippen LogP contribution is -2.10. The molecule has 3 aromatic rings. The van der Waals surface area contributed by atoms with Crippen LogP contribution in [0.15, 0.2) is 48.5 Å². The van der Waals surface area contributed by atoms with Gasteiger partial charge in [-0.3, -0.25) is 0 Å². The van der Waals surface area contributed by atoms with Crippen LogP contribution in [0.3, 0.4) is 0 Å². The van der Waals surface area contributed by atoms with Crippen LogP contribution < -0.4 is 4.74 Å². The molecule has 4 rings (SSSR count). The molecule has 0 aromatic heterocycles. The summed E-state index contributed by atoms with van der Waals surface area (Å²) in [6, 6.07) is 11.4. The zero-order chi connectivity index (χ0) is 22.8. The van der Waals surface area contributed by atoms with E-state index in [1.165, 1.54) is 30.5 Å². The quantitative estimate of drug-likeness (QED) is 0.286. The molecular weight excluding hydrogens is 423 g/mol. The first kappa shape index (κ1) is 22.3. The Bertz CT molecular complexity index is 1060. The minimum absolute atomic E-state index is 0.364. The fourth-order valence-electron chi connectivity index (χ4n) is 4.22. The van der Waals surface area contributed by atoms with Gasteiger partial charge in [-0.15, -0.1) is 0 Å². The van der Waals surface area contributed by atoms with Crippen LogP contribution in [0.5, 0.6) is 5.75 Å². The van der Waals surface area contributed by atoms with Crippen molar-refractivity contribution in [2.45, 2.75) is 45.1 Å². The van der Waals surface area contributed by atoms with Crippen molar-refractivity contribution in [1.82, 2.24) is 0 Å². The number of hydrogen-bond donors (Lipinski definition) is 0. The van der Waals surface area contributed by atoms with Crippen LogP contribution in [0.2, 0.25) is 0 Å². The summed E-state index contributed by atoms with van der Waals surface area (Å²) in [7, 11) is 0. The van der Waals surface area contributed by atoms with Crippen molar-refractivity contribution >= 4 is 0 Å². The summed E-state index contributed by atoms with van der Waals surface area (Å²) in [5.74, 6) is -5.28. The van der Waals surface area contributed by atoms with Gasteiger partial charge in [-0.2, -0.15) is 0 Å². The fraction of sp³-hybridized carbons (Fsp3) is 0.308. The van der Waals surface area contributed by atoms with Gasteiger partial charge in [0.05, 0.1) is 5.56 Å². The van der Waals surface area contributed by atoms with Gasteiger partial charge in [-0.05, 0) is 53.5 Å². The molecule has 1 nitrogen and oxygen atoms in total. The highest BCUT2D eigenvalue weighted by molar-refractivity contribution is 5.64. The van der Waals surface area contributed by atoms with Crippen molar-refractivity contribution in [1.29, 1.82) is 0 Å². The van der Waals surface area contributed by atoms with E-state index in [1.807, 2.05) is 24.3 Å². The lowest BCUT2D eigenvalue weighted by Gasteiger charge is -2.26. The van der Waals surface area contributed by atoms with Gasteiger partial charge in [0, 0.05) is 12.1 Å². The van der Waals surface area contributed by atoms with Gasteiger partial charge < -0.3 is 4.74 Å². The van der Waals surface area contributed by atoms with Crippen molar-refractivity contribution < 1.29 is 26.7 Å². The number of hydrogen-bond acceptors (Lipinski definition) is 1. The molecule has 168 valence electrons. The molecule has 0 radical (unpaired) electrons. The maximum absolute atomic E-state index is 14.6. The van der Waals surface area contributed by atoms with Crippen molar-refractivity contribution in [3.63, 3.8) is 0 Å². The standard InChI is InChI=1S/C26H23F5O/c1-15-2-4-16(5-3-15)17-6-8-18(9-7-17)19-10-22(27)21(23(28)11-19)14-32-20-12-24(29)26(31)25(30)13-20/h6-13,15-16H,2-5,14H2,1H3. The second kappa shape index (κ2) is 9.31. The van der Waals surface area contributed by atoms with E-state index >= 15 is 0 Å². The normalized spacial score (nSPS) is 18.6. The van der Waals surface area contributed by atoms with Gasteiger partial charge in [0.1, 0.15) is 24.0 Å². The summed E-state index contributed by atoms with van der Waals surface area (Å²) in [5.41, 5.74) is 1.93. The molecule has 0 atom stereocenters. The van der Waals surface area contributed by atoms with Crippen LogP contribution in [0, 0.1) is 35.0 Å². The minimum atomic E-state index is -1.64. The van der Waals surface area contributed by atoms with Crippen LogP contribution in [0.4, 0.5) is 22.0 Å². The van der Waals surface area contributed by atoms with Crippen molar-refractivity contribution in [2.24, 2.45) is 5.92 Å². The second-order valence-corrected chi connectivity index (χ2v) is 8.49. The summed E-state index contributed by atoms with van der Waals surface area (Å²) in [6.45, 7) is 1.68. The summed E-state index contributed by atoms with van der Waals surface area (Å²) < 4.78 is 73.9. The molecule has 1 aliphatic carbocycles. The summed E-state index contributed by atoms with van der Waals surface area (Å²) in [5, 5.41) is 0. The van der Waals surface area contributed by atoms with Gasteiger partial charge in [0.15, 0.2) is 17.5 Å². The van der Waals surface area contributed by atoms with Crippen molar-refractivity contribution in [3.8, 4) is 16.9 Å². The van der Waals surface area contributed by atoms with E-state index in [2.05, 4.69) is 6.92 Å². The van der Waals surface area contributed by atoms with Crippen LogP contribution in [0.25, 0.3) is 11.1 Å². The maximum Gasteiger partial charge on any atom is 0.194 e. The Labute approximate surface area is 183 Å². The number of ether oxygens (including phenoxy) is 1. The Morgan fingerprint density at radius 1 is 0.719 bits per heavy atom. The molecule has 0 amide bonds. The molecule has 6 heteroatoms. The van der Waals surface area contributed by atoms with Crippen molar-refractivity contribution in [3.05, 3.63) is 88.7 Å². The molecule has 1 fully saturated rings. The molecule has 32 heavy (non-hydrogen) atoms. The van der Waals surface area contributed by atoms with Gasteiger partial charge in [-0.25, -0.2) is 22.0 Å². The average Bonchev–Trinajstić information content (AvgIpc) is 2.77. The molecule has 1 saturated carbocycles. The molecule has 0 saturated heterocycles. The fourth-order valence-corrected chi connectivity index (χ4v) is 4.22. The highest BCUT2D eigenvalue weighted by Gasteiger charge is 2.20. The zero-order valence-corrected chi connectivity index (χ0v) is 17.6. The lowest BCUT2D eigenvalue weighted by atomic mass is 9.79. The highest BCUT2D eigenvalue weighted by Crippen LogP contribution is 2.36. The van der Waals surface area contributed by atoms with E-state index in [9.17, 15) is 22.0 Å². The van der Waals surface area contributed by atoms with Crippen LogP contribution >= 0.6 is 0 Å². The molecule has 0 N–H and O–H groups in total. The van der Waals surface area contributed by atoms with E-state index in [0.29, 0.717) is 29.2 Å². The Kier molecular flexibility index (Phi) is 6.49. The van der Waals surface area contributed by atoms with Crippen LogP contribution in [-0.2, 0) is 6.61 Å². The van der Waals surface area contributed by atoms with Crippen LogP contribution in [-0.4, -0.2) is 0 Å². The number of halogens is 5. The summed E-state index contributed by atoms with van der Waals surface area (Å²) in [4.78, 5) is 0. The average molecular weight is 446 g/mol. The van der Waals surface area contributed by atoms with E-state index in [0.717, 1.165) is 18.8 Å². The Balaban J connectivity index is 1.49. The monoisotopic (exact) mass is 446 g/mol. The maximum atomic E-state index is 14.6. The smallest absolute Gasteiger partial charge is 0.194 e. The predicted molar refractivity (Wildman–Crippen MR) is 113 cm³/mol.